The van der Waals surface area contributed by atoms with Crippen molar-refractivity contribution in [2.24, 2.45) is 5.92 Å². The van der Waals surface area contributed by atoms with Crippen LogP contribution in [0, 0.1) is 5.92 Å². The Morgan fingerprint density at radius 3 is 3.00 bits per heavy atom. The number of nitrogens with two attached hydrogens (primary N) is 1. The molecular formula is C16H19ClN2OS. The SMILES string of the molecule is CC1CCCC(NC(=O)c2sc3cc(Cl)ccc3c2N)C1. The third-order valence-corrected chi connectivity index (χ3v) is 5.57. The lowest BCUT2D eigenvalue weighted by Crippen LogP contribution is -2.37. The van der Waals surface area contributed by atoms with E-state index in [1.54, 1.807) is 6.07 Å². The summed E-state index contributed by atoms with van der Waals surface area (Å²) in [6.45, 7) is 2.24. The number of amides is 1. The minimum atomic E-state index is -0.0519. The Bertz CT molecular complexity index is 682. The van der Waals surface area contributed by atoms with Crippen molar-refractivity contribution >= 4 is 44.6 Å². The molecule has 3 nitrogen and oxygen atoms in total. The largest absolute Gasteiger partial charge is 0.397 e. The molecule has 0 aliphatic heterocycles. The van der Waals surface area contributed by atoms with E-state index in [0.29, 0.717) is 21.5 Å². The quantitative estimate of drug-likeness (QED) is 0.858. The highest BCUT2D eigenvalue weighted by Crippen LogP contribution is 2.35. The number of anilines is 1. The van der Waals surface area contributed by atoms with Gasteiger partial charge in [-0.15, -0.1) is 11.3 Å². The van der Waals surface area contributed by atoms with Crippen LogP contribution < -0.4 is 11.1 Å². The molecule has 1 saturated carbocycles. The molecule has 112 valence electrons. The first-order valence-corrected chi connectivity index (χ1v) is 8.52. The lowest BCUT2D eigenvalue weighted by Gasteiger charge is -2.27. The van der Waals surface area contributed by atoms with Gasteiger partial charge in [0.15, 0.2) is 0 Å². The molecule has 1 aromatic carbocycles. The summed E-state index contributed by atoms with van der Waals surface area (Å²) >= 11 is 7.41. The standard InChI is InChI=1S/C16H19ClN2OS/c1-9-3-2-4-11(7-9)19-16(20)15-14(18)12-6-5-10(17)8-13(12)21-15/h5-6,8-9,11H,2-4,7,18H2,1H3,(H,19,20). The molecular weight excluding hydrogens is 304 g/mol. The van der Waals surface area contributed by atoms with E-state index in [1.165, 1.54) is 24.2 Å². The molecule has 1 heterocycles. The summed E-state index contributed by atoms with van der Waals surface area (Å²) in [4.78, 5) is 13.1. The number of hydrogen-bond acceptors (Lipinski definition) is 3. The molecule has 1 aromatic heterocycles. The van der Waals surface area contributed by atoms with Gasteiger partial charge in [-0.25, -0.2) is 0 Å². The van der Waals surface area contributed by atoms with E-state index in [9.17, 15) is 4.79 Å². The van der Waals surface area contributed by atoms with Gasteiger partial charge >= 0.3 is 0 Å². The molecule has 3 rings (SSSR count). The van der Waals surface area contributed by atoms with Gasteiger partial charge in [-0.1, -0.05) is 31.4 Å². The lowest BCUT2D eigenvalue weighted by molar-refractivity contribution is 0.0926. The summed E-state index contributed by atoms with van der Waals surface area (Å²) < 4.78 is 0.960. The number of carbonyl (C=O) groups excluding carboxylic acids is 1. The second-order valence-corrected chi connectivity index (χ2v) is 7.42. The smallest absolute Gasteiger partial charge is 0.263 e. The fourth-order valence-corrected chi connectivity index (χ4v) is 4.38. The molecule has 1 fully saturated rings. The summed E-state index contributed by atoms with van der Waals surface area (Å²) in [5.74, 6) is 0.631. The fourth-order valence-electron chi connectivity index (χ4n) is 3.08. The minimum absolute atomic E-state index is 0.0519. The van der Waals surface area contributed by atoms with Gasteiger partial charge in [-0.3, -0.25) is 4.79 Å². The van der Waals surface area contributed by atoms with E-state index in [0.717, 1.165) is 22.9 Å². The summed E-state index contributed by atoms with van der Waals surface area (Å²) in [5.41, 5.74) is 6.69. The van der Waals surface area contributed by atoms with E-state index in [4.69, 9.17) is 17.3 Å². The van der Waals surface area contributed by atoms with Gasteiger partial charge in [0.05, 0.1) is 5.69 Å². The summed E-state index contributed by atoms with van der Waals surface area (Å²) in [5, 5.41) is 4.71. The number of nitrogens with one attached hydrogen (secondary N) is 1. The monoisotopic (exact) mass is 322 g/mol. The molecule has 5 heteroatoms. The number of hydrogen-bond donors (Lipinski definition) is 2. The number of nitrogen functional groups attached to an aromatic ring is 1. The molecule has 0 bridgehead atoms. The van der Waals surface area contributed by atoms with Crippen LogP contribution >= 0.6 is 22.9 Å². The molecule has 1 amide bonds. The molecule has 2 aromatic rings. The van der Waals surface area contributed by atoms with Crippen molar-refractivity contribution in [2.75, 3.05) is 5.73 Å². The van der Waals surface area contributed by atoms with Crippen molar-refractivity contribution in [2.45, 2.75) is 38.6 Å². The number of halogens is 1. The third kappa shape index (κ3) is 3.01. The van der Waals surface area contributed by atoms with E-state index in [1.807, 2.05) is 12.1 Å². The highest BCUT2D eigenvalue weighted by atomic mass is 35.5. The maximum absolute atomic E-state index is 12.5. The first kappa shape index (κ1) is 14.7. The summed E-state index contributed by atoms with van der Waals surface area (Å²) in [6, 6.07) is 5.81. The zero-order valence-electron chi connectivity index (χ0n) is 12.0. The van der Waals surface area contributed by atoms with Gasteiger partial charge in [0.25, 0.3) is 5.91 Å². The number of fused-ring (bicyclic) bond motifs is 1. The zero-order chi connectivity index (χ0) is 15.0. The van der Waals surface area contributed by atoms with Crippen molar-refractivity contribution in [1.82, 2.24) is 5.32 Å². The maximum atomic E-state index is 12.5. The molecule has 2 unspecified atom stereocenters. The van der Waals surface area contributed by atoms with Gasteiger partial charge < -0.3 is 11.1 Å². The third-order valence-electron chi connectivity index (χ3n) is 4.17. The molecule has 2 atom stereocenters. The predicted molar refractivity (Wildman–Crippen MR) is 90.1 cm³/mol. The number of carbonyl (C=O) groups is 1. The van der Waals surface area contributed by atoms with Crippen LogP contribution in [0.3, 0.4) is 0 Å². The lowest BCUT2D eigenvalue weighted by atomic mass is 9.87. The van der Waals surface area contributed by atoms with Crippen LogP contribution in [-0.2, 0) is 0 Å². The highest BCUT2D eigenvalue weighted by Gasteiger charge is 2.23. The van der Waals surface area contributed by atoms with E-state index in [-0.39, 0.29) is 11.9 Å². The Morgan fingerprint density at radius 1 is 1.43 bits per heavy atom. The van der Waals surface area contributed by atoms with Gasteiger partial charge in [0.2, 0.25) is 0 Å². The van der Waals surface area contributed by atoms with Crippen molar-refractivity contribution < 1.29 is 4.79 Å². The summed E-state index contributed by atoms with van der Waals surface area (Å²) in [6.07, 6.45) is 4.56. The first-order valence-electron chi connectivity index (χ1n) is 7.33. The Kier molecular flexibility index (Phi) is 4.09. The Balaban J connectivity index is 1.82. The topological polar surface area (TPSA) is 55.1 Å². The second kappa shape index (κ2) is 5.85. The average molecular weight is 323 g/mol. The van der Waals surface area contributed by atoms with E-state index in [2.05, 4.69) is 12.2 Å². The van der Waals surface area contributed by atoms with Crippen LogP contribution in [0.2, 0.25) is 5.02 Å². The Labute approximate surface area is 133 Å². The second-order valence-electron chi connectivity index (χ2n) is 5.93. The minimum Gasteiger partial charge on any atom is -0.397 e. The molecule has 3 N–H and O–H groups in total. The summed E-state index contributed by atoms with van der Waals surface area (Å²) in [7, 11) is 0. The highest BCUT2D eigenvalue weighted by molar-refractivity contribution is 7.21. The molecule has 21 heavy (non-hydrogen) atoms. The average Bonchev–Trinajstić information content (AvgIpc) is 2.75. The van der Waals surface area contributed by atoms with Crippen molar-refractivity contribution in [3.63, 3.8) is 0 Å². The number of thiophene rings is 1. The number of rotatable bonds is 2. The van der Waals surface area contributed by atoms with Gasteiger partial charge in [0.1, 0.15) is 4.88 Å². The van der Waals surface area contributed by atoms with Crippen LogP contribution in [0.4, 0.5) is 5.69 Å². The molecule has 0 radical (unpaired) electrons. The van der Waals surface area contributed by atoms with Crippen molar-refractivity contribution in [1.29, 1.82) is 0 Å². The molecule has 0 spiro atoms. The van der Waals surface area contributed by atoms with Gasteiger partial charge in [-0.05, 0) is 37.0 Å². The Morgan fingerprint density at radius 2 is 2.24 bits per heavy atom. The van der Waals surface area contributed by atoms with Crippen LogP contribution in [0.25, 0.3) is 10.1 Å². The first-order chi connectivity index (χ1) is 10.0. The predicted octanol–water partition coefficient (Wildman–Crippen LogP) is 4.45. The normalized spacial score (nSPS) is 22.4. The van der Waals surface area contributed by atoms with E-state index >= 15 is 0 Å². The van der Waals surface area contributed by atoms with Crippen molar-refractivity contribution in [3.8, 4) is 0 Å². The van der Waals surface area contributed by atoms with Crippen LogP contribution in [0.15, 0.2) is 18.2 Å². The van der Waals surface area contributed by atoms with Crippen LogP contribution in [0.5, 0.6) is 0 Å². The molecule has 1 aliphatic carbocycles. The van der Waals surface area contributed by atoms with Crippen LogP contribution in [-0.4, -0.2) is 11.9 Å². The molecule has 0 saturated heterocycles. The van der Waals surface area contributed by atoms with Crippen LogP contribution in [0.1, 0.15) is 42.3 Å². The molecule has 1 aliphatic rings. The van der Waals surface area contributed by atoms with Gasteiger partial charge in [-0.2, -0.15) is 0 Å². The maximum Gasteiger partial charge on any atom is 0.263 e. The van der Waals surface area contributed by atoms with Gasteiger partial charge in [0, 0.05) is 21.2 Å². The fraction of sp³-hybridized carbons (Fsp3) is 0.438. The Hall–Kier alpha value is -1.26. The van der Waals surface area contributed by atoms with E-state index < -0.39 is 0 Å². The zero-order valence-corrected chi connectivity index (χ0v) is 13.6. The number of benzene rings is 1. The van der Waals surface area contributed by atoms with Crippen molar-refractivity contribution in [3.05, 3.63) is 28.1 Å².